The minimum absolute atomic E-state index is 0.0803. The molecule has 0 fully saturated rings. The molecule has 2 heterocycles. The van der Waals surface area contributed by atoms with Crippen molar-refractivity contribution < 1.29 is 4.74 Å². The Kier molecular flexibility index (Phi) is 7.46. The molecule has 0 atom stereocenters. The third-order valence-corrected chi connectivity index (χ3v) is 12.9. The fourth-order valence-electron chi connectivity index (χ4n) is 10.1. The van der Waals surface area contributed by atoms with Gasteiger partial charge in [-0.2, -0.15) is 0 Å². The van der Waals surface area contributed by atoms with Gasteiger partial charge in [-0.1, -0.05) is 143 Å². The van der Waals surface area contributed by atoms with Crippen LogP contribution in [0.4, 0.5) is 34.1 Å². The Morgan fingerprint density at radius 2 is 1.07 bits per heavy atom. The van der Waals surface area contributed by atoms with E-state index in [9.17, 15) is 0 Å². The highest BCUT2D eigenvalue weighted by atomic mass is 16.5. The molecule has 3 nitrogen and oxygen atoms in total. The number of anilines is 6. The summed E-state index contributed by atoms with van der Waals surface area (Å²) in [5, 5.41) is 0. The normalized spacial score (nSPS) is 14.7. The predicted molar refractivity (Wildman–Crippen MR) is 241 cm³/mol. The van der Waals surface area contributed by atoms with Crippen molar-refractivity contribution in [2.75, 3.05) is 9.80 Å². The molecule has 58 heavy (non-hydrogen) atoms. The molecule has 0 bridgehead atoms. The molecule has 2 aliphatic heterocycles. The SMILES string of the molecule is Cc1cccc2c1N1c3ccccc3C(C)(C)c3c(-c4cccc(-c5ccc(N(c6ccccc6)c6ccc7c(c6)C(C)(C)c6ccccc6-7)cc5)c4)ccc(c31)O2. The topological polar surface area (TPSA) is 15.7 Å². The van der Waals surface area contributed by atoms with Gasteiger partial charge < -0.3 is 14.5 Å². The van der Waals surface area contributed by atoms with E-state index in [-0.39, 0.29) is 10.8 Å². The molecule has 0 N–H and O–H groups in total. The van der Waals surface area contributed by atoms with Gasteiger partial charge in [0, 0.05) is 27.9 Å². The van der Waals surface area contributed by atoms with Gasteiger partial charge in [0.25, 0.3) is 0 Å². The van der Waals surface area contributed by atoms with Gasteiger partial charge in [-0.05, 0) is 129 Å². The molecule has 0 amide bonds. The van der Waals surface area contributed by atoms with Crippen LogP contribution in [-0.2, 0) is 10.8 Å². The number of para-hydroxylation sites is 3. The standard InChI is InChI=1S/C55H44N2O/c1-35-15-13-24-49-52(35)57-48-23-12-11-22-46(48)55(4,5)51-42(31-32-50(58-49)53(51)57)38-17-14-16-37(33-38)36-25-27-40(28-26-36)56(39-18-7-6-8-19-39)41-29-30-44-43-20-9-10-21-45(43)54(2,3)47(44)34-41/h6-34H,1-5H3. The average molecular weight is 749 g/mol. The highest BCUT2D eigenvalue weighted by Gasteiger charge is 2.43. The minimum Gasteiger partial charge on any atom is -0.453 e. The summed E-state index contributed by atoms with van der Waals surface area (Å²) in [4.78, 5) is 4.83. The molecule has 0 aromatic heterocycles. The molecule has 3 aliphatic rings. The van der Waals surface area contributed by atoms with E-state index in [0.29, 0.717) is 0 Å². The fraction of sp³-hybridized carbons (Fsp3) is 0.127. The zero-order chi connectivity index (χ0) is 39.3. The van der Waals surface area contributed by atoms with E-state index in [0.717, 1.165) is 39.9 Å². The van der Waals surface area contributed by atoms with E-state index in [1.54, 1.807) is 0 Å². The summed E-state index contributed by atoms with van der Waals surface area (Å²) in [5.74, 6) is 1.79. The number of rotatable bonds is 5. The van der Waals surface area contributed by atoms with E-state index in [1.807, 2.05) is 0 Å². The van der Waals surface area contributed by atoms with Gasteiger partial charge in [-0.25, -0.2) is 0 Å². The Balaban J connectivity index is 0.994. The molecule has 11 rings (SSSR count). The van der Waals surface area contributed by atoms with Gasteiger partial charge in [-0.3, -0.25) is 0 Å². The molecular weight excluding hydrogens is 705 g/mol. The Hall–Kier alpha value is -6.84. The maximum absolute atomic E-state index is 6.69. The zero-order valence-electron chi connectivity index (χ0n) is 33.5. The van der Waals surface area contributed by atoms with Gasteiger partial charge in [0.2, 0.25) is 0 Å². The fourth-order valence-corrected chi connectivity index (χ4v) is 10.1. The molecule has 0 saturated heterocycles. The summed E-state index contributed by atoms with van der Waals surface area (Å²) in [6.07, 6.45) is 0. The first-order valence-corrected chi connectivity index (χ1v) is 20.4. The maximum Gasteiger partial charge on any atom is 0.151 e. The summed E-state index contributed by atoms with van der Waals surface area (Å²) < 4.78 is 6.69. The number of aryl methyl sites for hydroxylation is 1. The first-order chi connectivity index (χ1) is 28.2. The molecule has 0 unspecified atom stereocenters. The molecular formula is C55H44N2O. The summed E-state index contributed by atoms with van der Waals surface area (Å²) in [6, 6.07) is 64.3. The lowest BCUT2D eigenvalue weighted by molar-refractivity contribution is 0.471. The minimum atomic E-state index is -0.272. The number of benzene rings is 8. The quantitative estimate of drug-likeness (QED) is 0.174. The summed E-state index contributed by atoms with van der Waals surface area (Å²) >= 11 is 0. The van der Waals surface area contributed by atoms with Gasteiger partial charge in [-0.15, -0.1) is 0 Å². The van der Waals surface area contributed by atoms with Gasteiger partial charge in [0.15, 0.2) is 11.5 Å². The van der Waals surface area contributed by atoms with Crippen molar-refractivity contribution in [1.82, 2.24) is 0 Å². The van der Waals surface area contributed by atoms with Crippen LogP contribution in [0.5, 0.6) is 11.5 Å². The van der Waals surface area contributed by atoms with Crippen molar-refractivity contribution in [3.05, 3.63) is 204 Å². The molecule has 1 aliphatic carbocycles. The lowest BCUT2D eigenvalue weighted by Crippen LogP contribution is -2.33. The Labute approximate surface area is 341 Å². The van der Waals surface area contributed by atoms with Gasteiger partial charge in [0.1, 0.15) is 0 Å². The molecule has 8 aromatic carbocycles. The Morgan fingerprint density at radius 1 is 0.431 bits per heavy atom. The lowest BCUT2D eigenvalue weighted by Gasteiger charge is -2.46. The van der Waals surface area contributed by atoms with Crippen molar-refractivity contribution >= 4 is 34.1 Å². The van der Waals surface area contributed by atoms with Crippen molar-refractivity contribution in [3.8, 4) is 44.9 Å². The first kappa shape index (κ1) is 34.4. The van der Waals surface area contributed by atoms with Crippen LogP contribution in [0, 0.1) is 6.92 Å². The first-order valence-electron chi connectivity index (χ1n) is 20.4. The van der Waals surface area contributed by atoms with Crippen molar-refractivity contribution in [1.29, 1.82) is 0 Å². The van der Waals surface area contributed by atoms with Crippen LogP contribution < -0.4 is 14.5 Å². The number of hydrogen-bond donors (Lipinski definition) is 0. The van der Waals surface area contributed by atoms with E-state index in [4.69, 9.17) is 4.74 Å². The predicted octanol–water partition coefficient (Wildman–Crippen LogP) is 15.3. The number of hydrogen-bond acceptors (Lipinski definition) is 3. The van der Waals surface area contributed by atoms with Crippen molar-refractivity contribution in [2.24, 2.45) is 0 Å². The molecule has 0 radical (unpaired) electrons. The number of fused-ring (bicyclic) bond motifs is 7. The Morgan fingerprint density at radius 3 is 1.90 bits per heavy atom. The highest BCUT2D eigenvalue weighted by molar-refractivity contribution is 5.98. The van der Waals surface area contributed by atoms with Crippen LogP contribution in [0.25, 0.3) is 33.4 Å². The zero-order valence-corrected chi connectivity index (χ0v) is 33.5. The second-order valence-electron chi connectivity index (χ2n) is 17.0. The summed E-state index contributed by atoms with van der Waals surface area (Å²) in [6.45, 7) is 11.6. The summed E-state index contributed by atoms with van der Waals surface area (Å²) in [7, 11) is 0. The molecule has 8 aromatic rings. The van der Waals surface area contributed by atoms with Crippen molar-refractivity contribution in [3.63, 3.8) is 0 Å². The maximum atomic E-state index is 6.69. The second-order valence-corrected chi connectivity index (χ2v) is 17.0. The smallest absolute Gasteiger partial charge is 0.151 e. The molecule has 0 spiro atoms. The molecule has 0 saturated carbocycles. The Bertz CT molecular complexity index is 2940. The average Bonchev–Trinajstić information content (AvgIpc) is 3.48. The number of nitrogens with zero attached hydrogens (tertiary/aromatic N) is 2. The molecule has 280 valence electrons. The van der Waals surface area contributed by atoms with Crippen LogP contribution >= 0.6 is 0 Å². The van der Waals surface area contributed by atoms with E-state index in [2.05, 4.69) is 220 Å². The van der Waals surface area contributed by atoms with E-state index < -0.39 is 0 Å². The van der Waals surface area contributed by atoms with Crippen molar-refractivity contribution in [2.45, 2.75) is 45.4 Å². The third kappa shape index (κ3) is 4.99. The largest absolute Gasteiger partial charge is 0.453 e. The second kappa shape index (κ2) is 12.6. The highest BCUT2D eigenvalue weighted by Crippen LogP contribution is 2.62. The summed E-state index contributed by atoms with van der Waals surface area (Å²) in [5.41, 5.74) is 20.5. The monoisotopic (exact) mass is 748 g/mol. The molecule has 3 heteroatoms. The van der Waals surface area contributed by atoms with E-state index >= 15 is 0 Å². The van der Waals surface area contributed by atoms with Crippen LogP contribution in [0.15, 0.2) is 176 Å². The van der Waals surface area contributed by atoms with Crippen LogP contribution in [0.1, 0.15) is 55.5 Å². The van der Waals surface area contributed by atoms with Crippen LogP contribution in [0.2, 0.25) is 0 Å². The third-order valence-electron chi connectivity index (χ3n) is 12.9. The van der Waals surface area contributed by atoms with Gasteiger partial charge in [0.05, 0.1) is 17.1 Å². The van der Waals surface area contributed by atoms with Crippen LogP contribution in [-0.4, -0.2) is 0 Å². The lowest BCUT2D eigenvalue weighted by atomic mass is 9.70. The van der Waals surface area contributed by atoms with Gasteiger partial charge >= 0.3 is 0 Å². The van der Waals surface area contributed by atoms with Crippen LogP contribution in [0.3, 0.4) is 0 Å². The van der Waals surface area contributed by atoms with E-state index in [1.165, 1.54) is 66.9 Å². The number of ether oxygens (including phenoxy) is 1.